The van der Waals surface area contributed by atoms with Gasteiger partial charge in [0.05, 0.1) is 25.5 Å². The molecule has 2 fully saturated rings. The van der Waals surface area contributed by atoms with Crippen molar-refractivity contribution in [1.29, 1.82) is 0 Å². The number of hydrogen-bond acceptors (Lipinski definition) is 18. The molecule has 0 radical (unpaired) electrons. The summed E-state index contributed by atoms with van der Waals surface area (Å²) in [6, 6.07) is 8.05. The molecular weight excluding hydrogens is 1270 g/mol. The van der Waals surface area contributed by atoms with E-state index < -0.39 is 156 Å². The van der Waals surface area contributed by atoms with E-state index in [0.717, 1.165) is 26.5 Å². The molecule has 514 valence electrons. The number of carboxylic acid groups (broad SMARTS) is 1. The zero-order valence-electron chi connectivity index (χ0n) is 53.5. The Bertz CT molecular complexity index is 3280. The number of carboxylic acids is 1. The summed E-state index contributed by atoms with van der Waals surface area (Å²) in [5.74, 6) is -12.6. The molecule has 12 atom stereocenters. The number of aliphatic carboxylic acids is 1. The quantitative estimate of drug-likeness (QED) is 0.0519. The van der Waals surface area contributed by atoms with Crippen molar-refractivity contribution in [1.82, 2.24) is 68.0 Å². The van der Waals surface area contributed by atoms with Gasteiger partial charge in [0.15, 0.2) is 0 Å². The Kier molecular flexibility index (Phi) is 29.3. The Balaban J connectivity index is 1.40. The SMILES string of the molecule is CC[C@H](C)[C@@H]1NC(=O)[C@H](CC(C)C)NC(=O)CNC(=O)[C@H](Cc2ccccc2)NC(=O)[C@@H]2CCCN2C(=O)[C@H]([C@@H](C)O)NC(=O)[C@H](Cc2ccc(O)cc2)NC(=O)[C@H](Cc2cnc[nH]2)NC(=O)[C@@H](NC(=O)CN)CSSC[C@@H](C(=O)N[C@@H](Cc2ccccc2)C(=O)O)NC1=O. The van der Waals surface area contributed by atoms with E-state index in [1.54, 1.807) is 88.4 Å². The summed E-state index contributed by atoms with van der Waals surface area (Å²) in [6.45, 7) is 6.94. The van der Waals surface area contributed by atoms with Crippen molar-refractivity contribution in [3.05, 3.63) is 120 Å². The summed E-state index contributed by atoms with van der Waals surface area (Å²) in [6.07, 6.45) is 0.994. The number of nitrogens with zero attached hydrogens (tertiary/aromatic N) is 2. The monoisotopic (exact) mass is 1350 g/mol. The predicted octanol–water partition coefficient (Wildman–Crippen LogP) is -1.23. The highest BCUT2D eigenvalue weighted by atomic mass is 33.1. The lowest BCUT2D eigenvalue weighted by molar-refractivity contribution is -0.144. The van der Waals surface area contributed by atoms with E-state index in [2.05, 4.69) is 63.1 Å². The van der Waals surface area contributed by atoms with E-state index in [0.29, 0.717) is 28.8 Å². The molecular formula is C64H86N14O15S2. The topological polar surface area (TPSA) is 444 Å². The van der Waals surface area contributed by atoms with Gasteiger partial charge in [0.1, 0.15) is 66.2 Å². The predicted molar refractivity (Wildman–Crippen MR) is 352 cm³/mol. The fourth-order valence-electron chi connectivity index (χ4n) is 10.5. The number of aromatic amines is 1. The molecule has 2 aliphatic rings. The normalized spacial score (nSPS) is 24.0. The zero-order chi connectivity index (χ0) is 69.3. The molecule has 6 rings (SSSR count). The van der Waals surface area contributed by atoms with Gasteiger partial charge in [-0.05, 0) is 66.8 Å². The molecule has 3 heterocycles. The number of rotatable bonds is 18. The maximum Gasteiger partial charge on any atom is 0.326 e. The van der Waals surface area contributed by atoms with Gasteiger partial charge in [-0.1, -0.05) is 128 Å². The van der Waals surface area contributed by atoms with Gasteiger partial charge in [0.2, 0.25) is 65.0 Å². The summed E-state index contributed by atoms with van der Waals surface area (Å²) < 4.78 is 0. The number of aliphatic hydroxyl groups is 1. The lowest BCUT2D eigenvalue weighted by Crippen LogP contribution is -2.62. The highest BCUT2D eigenvalue weighted by Crippen LogP contribution is 2.25. The van der Waals surface area contributed by atoms with Crippen LogP contribution in [-0.4, -0.2) is 199 Å². The van der Waals surface area contributed by atoms with E-state index in [9.17, 15) is 72.9 Å². The molecule has 0 saturated carbocycles. The fraction of sp³-hybridized carbons (Fsp3) is 0.484. The zero-order valence-corrected chi connectivity index (χ0v) is 55.1. The average Bonchev–Trinajstić information content (AvgIpc) is 1.78. The number of nitrogens with two attached hydrogens (primary N) is 1. The number of carbonyl (C=O) groups excluding carboxylic acids is 11. The second kappa shape index (κ2) is 37.1. The van der Waals surface area contributed by atoms with Gasteiger partial charge in [-0.15, -0.1) is 0 Å². The smallest absolute Gasteiger partial charge is 0.326 e. The highest BCUT2D eigenvalue weighted by Gasteiger charge is 2.42. The van der Waals surface area contributed by atoms with Crippen molar-refractivity contribution in [2.75, 3.05) is 31.1 Å². The van der Waals surface area contributed by atoms with Crippen LogP contribution in [-0.2, 0) is 83.2 Å². The van der Waals surface area contributed by atoms with Gasteiger partial charge in [-0.25, -0.2) is 9.78 Å². The Morgan fingerprint density at radius 3 is 1.86 bits per heavy atom. The third-order valence-corrected chi connectivity index (χ3v) is 18.3. The van der Waals surface area contributed by atoms with Crippen LogP contribution in [0.4, 0.5) is 0 Å². The van der Waals surface area contributed by atoms with E-state index in [-0.39, 0.29) is 74.7 Å². The summed E-state index contributed by atoms with van der Waals surface area (Å²) >= 11 is 0. The first-order chi connectivity index (χ1) is 45.3. The highest BCUT2D eigenvalue weighted by molar-refractivity contribution is 8.76. The molecule has 0 bridgehead atoms. The second-order valence-electron chi connectivity index (χ2n) is 23.8. The number of nitrogens with one attached hydrogen (secondary N) is 11. The Hall–Kier alpha value is -9.07. The molecule has 29 nitrogen and oxygen atoms in total. The molecule has 16 N–H and O–H groups in total. The van der Waals surface area contributed by atoms with Gasteiger partial charge in [-0.2, -0.15) is 0 Å². The lowest BCUT2D eigenvalue weighted by atomic mass is 9.96. The number of amides is 11. The van der Waals surface area contributed by atoms with Crippen LogP contribution in [0.5, 0.6) is 5.75 Å². The molecule has 1 aromatic heterocycles. The molecule has 11 amide bonds. The van der Waals surface area contributed by atoms with E-state index >= 15 is 0 Å². The van der Waals surface area contributed by atoms with Crippen LogP contribution in [0.3, 0.4) is 0 Å². The molecule has 31 heteroatoms. The van der Waals surface area contributed by atoms with Gasteiger partial charge in [0, 0.05) is 55.6 Å². The Morgan fingerprint density at radius 1 is 0.674 bits per heavy atom. The number of fused-ring (bicyclic) bond motifs is 1. The molecule has 0 spiro atoms. The number of carbonyl (C=O) groups is 12. The molecule has 4 aromatic rings. The van der Waals surface area contributed by atoms with Gasteiger partial charge < -0.3 is 84.1 Å². The number of imidazole rings is 1. The number of benzene rings is 3. The minimum Gasteiger partial charge on any atom is -0.508 e. The largest absolute Gasteiger partial charge is 0.508 e. The first-order valence-electron chi connectivity index (χ1n) is 31.3. The first kappa shape index (κ1) is 75.0. The van der Waals surface area contributed by atoms with Crippen LogP contribution < -0.4 is 58.9 Å². The minimum absolute atomic E-state index is 0.0194. The van der Waals surface area contributed by atoms with Crippen LogP contribution in [0, 0.1) is 11.8 Å². The maximum atomic E-state index is 14.8. The van der Waals surface area contributed by atoms with E-state index in [1.165, 1.54) is 43.7 Å². The molecule has 2 aliphatic heterocycles. The number of phenolic OH excluding ortho intramolecular Hbond substituents is 1. The van der Waals surface area contributed by atoms with Crippen LogP contribution >= 0.6 is 21.6 Å². The number of aromatic nitrogens is 2. The molecule has 2 saturated heterocycles. The fourth-order valence-corrected chi connectivity index (χ4v) is 12.9. The lowest BCUT2D eigenvalue weighted by Gasteiger charge is -2.32. The van der Waals surface area contributed by atoms with E-state index in [1.807, 2.05) is 0 Å². The third-order valence-electron chi connectivity index (χ3n) is 15.9. The molecule has 0 aliphatic carbocycles. The Labute approximate surface area is 557 Å². The summed E-state index contributed by atoms with van der Waals surface area (Å²) in [5.41, 5.74) is 7.60. The van der Waals surface area contributed by atoms with Crippen molar-refractivity contribution >= 4 is 92.5 Å². The number of phenols is 1. The van der Waals surface area contributed by atoms with Crippen LogP contribution in [0.15, 0.2) is 97.5 Å². The van der Waals surface area contributed by atoms with Gasteiger partial charge in [-0.3, -0.25) is 52.7 Å². The number of aliphatic hydroxyl groups excluding tert-OH is 1. The van der Waals surface area contributed by atoms with Crippen LogP contribution in [0.25, 0.3) is 0 Å². The van der Waals surface area contributed by atoms with Crippen molar-refractivity contribution in [2.24, 2.45) is 17.6 Å². The number of hydrogen-bond donors (Lipinski definition) is 15. The molecule has 95 heavy (non-hydrogen) atoms. The van der Waals surface area contributed by atoms with Crippen molar-refractivity contribution < 1.29 is 72.9 Å². The van der Waals surface area contributed by atoms with Gasteiger partial charge in [0.25, 0.3) is 0 Å². The Morgan fingerprint density at radius 2 is 1.25 bits per heavy atom. The van der Waals surface area contributed by atoms with Crippen molar-refractivity contribution in [2.45, 2.75) is 153 Å². The first-order valence-corrected chi connectivity index (χ1v) is 33.8. The molecule has 3 aromatic carbocycles. The van der Waals surface area contributed by atoms with E-state index in [4.69, 9.17) is 5.73 Å². The molecule has 0 unspecified atom stereocenters. The van der Waals surface area contributed by atoms with Crippen LogP contribution in [0.2, 0.25) is 0 Å². The summed E-state index contributed by atoms with van der Waals surface area (Å²) in [4.78, 5) is 178. The van der Waals surface area contributed by atoms with Crippen molar-refractivity contribution in [3.8, 4) is 5.75 Å². The van der Waals surface area contributed by atoms with Crippen LogP contribution in [0.1, 0.15) is 82.7 Å². The van der Waals surface area contributed by atoms with Crippen molar-refractivity contribution in [3.63, 3.8) is 0 Å². The second-order valence-corrected chi connectivity index (χ2v) is 26.4. The standard InChI is InChI=1S/C64H86N14O15S2/c1-6-36(4)53-62(90)75-49(60(88)74-47(64(92)93)27-39-16-11-8-12-17-39)33-95-94-32-48(70-51(81)29-65)59(87)72-46(28-41-30-66-34-68-41)56(84)71-45(26-40-19-21-42(80)22-20-40)58(86)77-54(37(5)79)63(91)78-23-13-18-50(78)61(89)73-44(25-38-14-9-7-10-15-38)55(83)67-31-52(82)69-43(24-35(2)3)57(85)76-53/h7-12,14-17,19-22,30,34-37,43-50,53-54,79-80H,6,13,18,23-29,31-33,65H2,1-5H3,(H,66,68)(H,67,83)(H,69,82)(H,70,81)(H,71,84)(H,72,87)(H,73,89)(H,74,88)(H,75,90)(H,76,85)(H,77,86)(H,92,93)/t36-,37+,43-,44-,45-,46-,47-,48-,49-,50-,53-,54-/m0/s1. The van der Waals surface area contributed by atoms with Gasteiger partial charge >= 0.3 is 5.97 Å². The summed E-state index contributed by atoms with van der Waals surface area (Å²) in [5, 5.41) is 58.0. The average molecular weight is 1360 g/mol. The third kappa shape index (κ3) is 23.4. The summed E-state index contributed by atoms with van der Waals surface area (Å²) in [7, 11) is 1.86. The maximum absolute atomic E-state index is 14.8. The number of aromatic hydroxyl groups is 1. The minimum atomic E-state index is -1.74. The number of H-pyrrole nitrogens is 1.